The van der Waals surface area contributed by atoms with E-state index in [1.54, 1.807) is 0 Å². The number of piperazine rings is 1. The molecule has 0 atom stereocenters. The number of nitrogens with one attached hydrogen (secondary N) is 1. The molecule has 3 heterocycles. The molecule has 0 spiro atoms. The fourth-order valence-corrected chi connectivity index (χ4v) is 4.99. The minimum absolute atomic E-state index is 0.0318. The zero-order valence-corrected chi connectivity index (χ0v) is 19.9. The average Bonchev–Trinajstić information content (AvgIpc) is 3.70. The van der Waals surface area contributed by atoms with Crippen LogP contribution in [0.5, 0.6) is 0 Å². The van der Waals surface area contributed by atoms with Crippen LogP contribution in [0.3, 0.4) is 0 Å². The van der Waals surface area contributed by atoms with Gasteiger partial charge in [-0.05, 0) is 74.2 Å². The van der Waals surface area contributed by atoms with Crippen molar-refractivity contribution < 1.29 is 9.59 Å². The van der Waals surface area contributed by atoms with Crippen LogP contribution in [-0.4, -0.2) is 76.8 Å². The molecular weight excluding hydrogens is 426 g/mol. The van der Waals surface area contributed by atoms with Crippen LogP contribution in [0, 0.1) is 5.92 Å². The third-order valence-corrected chi connectivity index (χ3v) is 7.31. The molecule has 1 saturated carbocycles. The summed E-state index contributed by atoms with van der Waals surface area (Å²) in [5.74, 6) is 0.535. The molecule has 1 aromatic heterocycles. The Kier molecular flexibility index (Phi) is 7.21. The average molecular weight is 462 g/mol. The van der Waals surface area contributed by atoms with Gasteiger partial charge in [0, 0.05) is 69.2 Å². The number of carbonyl (C=O) groups excluding carboxylic acids is 2. The highest BCUT2D eigenvalue weighted by Gasteiger charge is 2.30. The zero-order valence-electron chi connectivity index (χ0n) is 19.9. The van der Waals surface area contributed by atoms with Crippen molar-refractivity contribution in [2.24, 2.45) is 5.92 Å². The number of rotatable bonds is 7. The molecule has 0 bridgehead atoms. The van der Waals surface area contributed by atoms with Gasteiger partial charge in [0.15, 0.2) is 0 Å². The molecule has 0 radical (unpaired) electrons. The maximum absolute atomic E-state index is 13.1. The van der Waals surface area contributed by atoms with Gasteiger partial charge in [0.1, 0.15) is 0 Å². The molecule has 0 unspecified atom stereocenters. The van der Waals surface area contributed by atoms with Crippen molar-refractivity contribution in [1.82, 2.24) is 25.0 Å². The second-order valence-electron chi connectivity index (χ2n) is 9.95. The Morgan fingerprint density at radius 3 is 1.97 bits per heavy atom. The maximum Gasteiger partial charge on any atom is 0.251 e. The number of likely N-dealkylation sites (tertiary alicyclic amines) is 1. The van der Waals surface area contributed by atoms with Gasteiger partial charge in [-0.1, -0.05) is 12.1 Å². The number of hydrogen-bond acceptors (Lipinski definition) is 5. The van der Waals surface area contributed by atoms with Crippen molar-refractivity contribution in [3.8, 4) is 0 Å². The van der Waals surface area contributed by atoms with Crippen molar-refractivity contribution in [1.29, 1.82) is 0 Å². The van der Waals surface area contributed by atoms with Gasteiger partial charge in [-0.2, -0.15) is 0 Å². The Balaban J connectivity index is 1.03. The molecule has 1 aromatic carbocycles. The lowest BCUT2D eigenvalue weighted by Gasteiger charge is -2.38. The van der Waals surface area contributed by atoms with E-state index in [4.69, 9.17) is 0 Å². The van der Waals surface area contributed by atoms with Crippen molar-refractivity contribution in [3.63, 3.8) is 0 Å². The molecule has 7 heteroatoms. The summed E-state index contributed by atoms with van der Waals surface area (Å²) in [5, 5.41) is 3.03. The maximum atomic E-state index is 13.1. The van der Waals surface area contributed by atoms with E-state index in [0.29, 0.717) is 11.9 Å². The van der Waals surface area contributed by atoms with E-state index in [1.807, 2.05) is 24.5 Å². The third kappa shape index (κ3) is 6.02. The van der Waals surface area contributed by atoms with Gasteiger partial charge in [0.25, 0.3) is 5.91 Å². The van der Waals surface area contributed by atoms with Crippen LogP contribution in [0.25, 0.3) is 0 Å². The molecule has 1 N–H and O–H groups in total. The Morgan fingerprint density at radius 1 is 0.765 bits per heavy atom. The van der Waals surface area contributed by atoms with Crippen molar-refractivity contribution in [3.05, 3.63) is 65.5 Å². The molecule has 5 rings (SSSR count). The highest BCUT2D eigenvalue weighted by molar-refractivity contribution is 5.94. The highest BCUT2D eigenvalue weighted by atomic mass is 16.2. The number of hydrogen-bond donors (Lipinski definition) is 1. The van der Waals surface area contributed by atoms with Crippen LogP contribution in [-0.2, 0) is 17.9 Å². The number of carbonyl (C=O) groups is 2. The Labute approximate surface area is 202 Å². The molecule has 3 aliphatic rings. The second kappa shape index (κ2) is 10.7. The van der Waals surface area contributed by atoms with Crippen LogP contribution < -0.4 is 5.32 Å². The number of amides is 2. The smallest absolute Gasteiger partial charge is 0.251 e. The number of aromatic nitrogens is 1. The normalized spacial score (nSPS) is 20.3. The first-order chi connectivity index (χ1) is 16.6. The van der Waals surface area contributed by atoms with Gasteiger partial charge in [-0.3, -0.25) is 24.4 Å². The molecule has 2 aliphatic heterocycles. The summed E-state index contributed by atoms with van der Waals surface area (Å²) < 4.78 is 0. The lowest BCUT2D eigenvalue weighted by molar-refractivity contribution is -0.139. The van der Waals surface area contributed by atoms with Gasteiger partial charge >= 0.3 is 0 Å². The summed E-state index contributed by atoms with van der Waals surface area (Å²) in [4.78, 5) is 36.3. The van der Waals surface area contributed by atoms with Crippen molar-refractivity contribution in [2.45, 2.75) is 44.8 Å². The predicted molar refractivity (Wildman–Crippen MR) is 131 cm³/mol. The number of nitrogens with zero attached hydrogens (tertiary/aromatic N) is 4. The van der Waals surface area contributed by atoms with Crippen LogP contribution >= 0.6 is 0 Å². The molecule has 34 heavy (non-hydrogen) atoms. The van der Waals surface area contributed by atoms with E-state index < -0.39 is 0 Å². The van der Waals surface area contributed by atoms with Gasteiger partial charge in [0.2, 0.25) is 5.91 Å². The number of piperidine rings is 1. The molecular formula is C27H35N5O2. The zero-order chi connectivity index (χ0) is 23.3. The van der Waals surface area contributed by atoms with E-state index in [-0.39, 0.29) is 11.8 Å². The summed E-state index contributed by atoms with van der Waals surface area (Å²) in [6.45, 7) is 7.16. The molecule has 2 aromatic rings. The monoisotopic (exact) mass is 461 g/mol. The largest absolute Gasteiger partial charge is 0.349 e. The van der Waals surface area contributed by atoms with Gasteiger partial charge in [0.05, 0.1) is 0 Å². The molecule has 2 amide bonds. The predicted octanol–water partition coefficient (Wildman–Crippen LogP) is 2.53. The molecule has 180 valence electrons. The minimum atomic E-state index is 0.0318. The summed E-state index contributed by atoms with van der Waals surface area (Å²) >= 11 is 0. The Morgan fingerprint density at radius 2 is 1.35 bits per heavy atom. The number of pyridine rings is 1. The lowest BCUT2D eigenvalue weighted by atomic mass is 9.94. The standard InChI is InChI=1S/C27H35N5O2/c33-26(29-25-5-6-25)23-3-1-21(2-4-23)19-31-15-17-32(18-16-31)27(34)24-9-13-30(14-10-24)20-22-7-11-28-12-8-22/h1-4,7-8,11-12,24-25H,5-6,9-10,13-20H2,(H,29,33). The van der Waals surface area contributed by atoms with Crippen LogP contribution in [0.4, 0.5) is 0 Å². The minimum Gasteiger partial charge on any atom is -0.349 e. The summed E-state index contributed by atoms with van der Waals surface area (Å²) in [6, 6.07) is 12.5. The van der Waals surface area contributed by atoms with Gasteiger partial charge < -0.3 is 10.2 Å². The molecule has 2 saturated heterocycles. The van der Waals surface area contributed by atoms with E-state index in [0.717, 1.165) is 83.6 Å². The number of benzene rings is 1. The van der Waals surface area contributed by atoms with E-state index in [2.05, 4.69) is 49.3 Å². The van der Waals surface area contributed by atoms with Crippen molar-refractivity contribution in [2.75, 3.05) is 39.3 Å². The molecule has 7 nitrogen and oxygen atoms in total. The van der Waals surface area contributed by atoms with E-state index >= 15 is 0 Å². The Bertz CT molecular complexity index is 960. The second-order valence-corrected chi connectivity index (χ2v) is 9.95. The first kappa shape index (κ1) is 23.0. The topological polar surface area (TPSA) is 68.8 Å². The highest BCUT2D eigenvalue weighted by Crippen LogP contribution is 2.22. The van der Waals surface area contributed by atoms with E-state index in [9.17, 15) is 9.59 Å². The SMILES string of the molecule is O=C(NC1CC1)c1ccc(CN2CCN(C(=O)C3CCN(Cc4ccncc4)CC3)CC2)cc1. The summed E-state index contributed by atoms with van der Waals surface area (Å²) in [5.41, 5.74) is 3.23. The summed E-state index contributed by atoms with van der Waals surface area (Å²) in [6.07, 6.45) is 7.78. The van der Waals surface area contributed by atoms with Crippen LogP contribution in [0.2, 0.25) is 0 Å². The molecule has 1 aliphatic carbocycles. The van der Waals surface area contributed by atoms with Crippen LogP contribution in [0.15, 0.2) is 48.8 Å². The first-order valence-electron chi connectivity index (χ1n) is 12.7. The quantitative estimate of drug-likeness (QED) is 0.686. The third-order valence-electron chi connectivity index (χ3n) is 7.31. The molecule has 3 fully saturated rings. The summed E-state index contributed by atoms with van der Waals surface area (Å²) in [7, 11) is 0. The van der Waals surface area contributed by atoms with Gasteiger partial charge in [-0.15, -0.1) is 0 Å². The van der Waals surface area contributed by atoms with Crippen LogP contribution in [0.1, 0.15) is 47.2 Å². The van der Waals surface area contributed by atoms with E-state index in [1.165, 1.54) is 11.1 Å². The first-order valence-corrected chi connectivity index (χ1v) is 12.7. The van der Waals surface area contributed by atoms with Crippen molar-refractivity contribution >= 4 is 11.8 Å². The Hall–Kier alpha value is -2.77. The lowest BCUT2D eigenvalue weighted by Crippen LogP contribution is -2.51. The fourth-order valence-electron chi connectivity index (χ4n) is 4.99. The van der Waals surface area contributed by atoms with Gasteiger partial charge in [-0.25, -0.2) is 0 Å². The fraction of sp³-hybridized carbons (Fsp3) is 0.519.